The summed E-state index contributed by atoms with van der Waals surface area (Å²) in [5.74, 6) is -1.24. The number of rotatable bonds is 6. The van der Waals surface area contributed by atoms with Gasteiger partial charge in [-0.2, -0.15) is 0 Å². The molecule has 3 aliphatic rings. The van der Waals surface area contributed by atoms with Crippen LogP contribution in [0, 0.1) is 11.8 Å². The van der Waals surface area contributed by atoms with Gasteiger partial charge in [0.05, 0.1) is 36.7 Å². The molecule has 7 heteroatoms. The molecule has 2 amide bonds. The van der Waals surface area contributed by atoms with Gasteiger partial charge in [0.15, 0.2) is 0 Å². The maximum absolute atomic E-state index is 13.5. The second-order valence-corrected chi connectivity index (χ2v) is 8.48. The molecule has 5 rings (SSSR count). The van der Waals surface area contributed by atoms with Crippen molar-refractivity contribution < 1.29 is 19.4 Å². The summed E-state index contributed by atoms with van der Waals surface area (Å²) in [6.07, 6.45) is 5.79. The molecule has 1 N–H and O–H groups in total. The normalized spacial score (nSPS) is 28.3. The lowest BCUT2D eigenvalue weighted by atomic mass is 9.76. The van der Waals surface area contributed by atoms with E-state index in [-0.39, 0.29) is 24.5 Å². The predicted octanol–water partition coefficient (Wildman–Crippen LogP) is 1.56. The number of aromatic nitrogens is 1. The zero-order chi connectivity index (χ0) is 21.6. The Labute approximate surface area is 180 Å². The summed E-state index contributed by atoms with van der Waals surface area (Å²) in [6, 6.07) is 13.2. The summed E-state index contributed by atoms with van der Waals surface area (Å²) >= 11 is 0. The first-order valence-electron chi connectivity index (χ1n) is 10.6. The van der Waals surface area contributed by atoms with Crippen LogP contribution < -0.4 is 4.90 Å². The molecule has 2 saturated heterocycles. The highest BCUT2D eigenvalue weighted by Crippen LogP contribution is 2.53. The van der Waals surface area contributed by atoms with Crippen LogP contribution in [0.5, 0.6) is 0 Å². The standard InChI is InChI=1S/C24H25N3O4/c1-26(14-17-4-2-3-12-25-17)22(29)20-19-9-11-24(31-19)15-27(23(30)21(20)24)18-7-5-16(6-8-18)10-13-28/h2-9,11-12,19-21,28H,10,13-15H2,1H3/t19-,20+,21-,24-/m0/s1. The Balaban J connectivity index is 1.38. The fourth-order valence-corrected chi connectivity index (χ4v) is 5.04. The third kappa shape index (κ3) is 3.25. The predicted molar refractivity (Wildman–Crippen MR) is 114 cm³/mol. The van der Waals surface area contributed by atoms with Crippen LogP contribution in [0.4, 0.5) is 5.69 Å². The van der Waals surface area contributed by atoms with Crippen LogP contribution in [0.15, 0.2) is 60.8 Å². The molecular weight excluding hydrogens is 394 g/mol. The molecule has 0 unspecified atom stereocenters. The Kier molecular flexibility index (Phi) is 4.87. The lowest BCUT2D eigenvalue weighted by Crippen LogP contribution is -2.44. The Bertz CT molecular complexity index is 1020. The van der Waals surface area contributed by atoms with Gasteiger partial charge >= 0.3 is 0 Å². The van der Waals surface area contributed by atoms with Crippen LogP contribution in [0.1, 0.15) is 11.3 Å². The number of aliphatic hydroxyl groups is 1. The van der Waals surface area contributed by atoms with Gasteiger partial charge < -0.3 is 19.6 Å². The fourth-order valence-electron chi connectivity index (χ4n) is 5.04. The van der Waals surface area contributed by atoms with Crippen molar-refractivity contribution in [3.8, 4) is 0 Å². The monoisotopic (exact) mass is 419 g/mol. The number of carbonyl (C=O) groups excluding carboxylic acids is 2. The molecular formula is C24H25N3O4. The van der Waals surface area contributed by atoms with Gasteiger partial charge in [0.1, 0.15) is 5.60 Å². The topological polar surface area (TPSA) is 83.0 Å². The number of ether oxygens (including phenoxy) is 1. The first-order chi connectivity index (χ1) is 15.0. The van der Waals surface area contributed by atoms with Gasteiger partial charge in [-0.25, -0.2) is 0 Å². The molecule has 3 aliphatic heterocycles. The lowest BCUT2D eigenvalue weighted by molar-refractivity contribution is -0.139. The van der Waals surface area contributed by atoms with Crippen LogP contribution in [0.25, 0.3) is 0 Å². The number of nitrogens with zero attached hydrogens (tertiary/aromatic N) is 3. The van der Waals surface area contributed by atoms with Gasteiger partial charge in [-0.1, -0.05) is 30.4 Å². The average Bonchev–Trinajstić information content (AvgIpc) is 3.43. The molecule has 7 nitrogen and oxygen atoms in total. The minimum atomic E-state index is -0.752. The summed E-state index contributed by atoms with van der Waals surface area (Å²) in [4.78, 5) is 34.5. The molecule has 4 heterocycles. The highest BCUT2D eigenvalue weighted by Gasteiger charge is 2.67. The van der Waals surface area contributed by atoms with Gasteiger partial charge in [0.25, 0.3) is 0 Å². The highest BCUT2D eigenvalue weighted by molar-refractivity contribution is 6.03. The molecule has 2 bridgehead atoms. The van der Waals surface area contributed by atoms with Gasteiger partial charge in [0.2, 0.25) is 11.8 Å². The van der Waals surface area contributed by atoms with Gasteiger partial charge in [-0.05, 0) is 36.2 Å². The van der Waals surface area contributed by atoms with Crippen LogP contribution in [0.2, 0.25) is 0 Å². The largest absolute Gasteiger partial charge is 0.396 e. The minimum absolute atomic E-state index is 0.0775. The van der Waals surface area contributed by atoms with Crippen molar-refractivity contribution in [2.75, 3.05) is 25.1 Å². The van der Waals surface area contributed by atoms with Crippen LogP contribution in [0.3, 0.4) is 0 Å². The smallest absolute Gasteiger partial charge is 0.234 e. The molecule has 0 saturated carbocycles. The molecule has 1 aromatic heterocycles. The van der Waals surface area contributed by atoms with E-state index in [2.05, 4.69) is 4.98 Å². The maximum Gasteiger partial charge on any atom is 0.234 e. The third-order valence-electron chi connectivity index (χ3n) is 6.54. The molecule has 4 atom stereocenters. The number of carbonyl (C=O) groups is 2. The minimum Gasteiger partial charge on any atom is -0.396 e. The number of benzene rings is 1. The average molecular weight is 419 g/mol. The number of amides is 2. The van der Waals surface area contributed by atoms with Crippen molar-refractivity contribution in [3.63, 3.8) is 0 Å². The summed E-state index contributed by atoms with van der Waals surface area (Å²) in [6.45, 7) is 0.871. The summed E-state index contributed by atoms with van der Waals surface area (Å²) in [5, 5.41) is 9.11. The van der Waals surface area contributed by atoms with E-state index in [0.717, 1.165) is 16.9 Å². The number of fused-ring (bicyclic) bond motifs is 1. The second-order valence-electron chi connectivity index (χ2n) is 8.48. The van der Waals surface area contributed by atoms with Crippen LogP contribution in [-0.4, -0.2) is 58.7 Å². The first-order valence-corrected chi connectivity index (χ1v) is 10.6. The molecule has 2 fully saturated rings. The molecule has 1 aromatic carbocycles. The van der Waals surface area contributed by atoms with Crippen molar-refractivity contribution in [3.05, 3.63) is 72.1 Å². The lowest BCUT2D eigenvalue weighted by Gasteiger charge is -2.27. The van der Waals surface area contributed by atoms with Crippen molar-refractivity contribution in [1.29, 1.82) is 0 Å². The van der Waals surface area contributed by atoms with Crippen molar-refractivity contribution in [1.82, 2.24) is 9.88 Å². The number of aliphatic hydroxyl groups excluding tert-OH is 1. The van der Waals surface area contributed by atoms with E-state index >= 15 is 0 Å². The van der Waals surface area contributed by atoms with E-state index in [1.807, 2.05) is 54.6 Å². The van der Waals surface area contributed by atoms with E-state index in [9.17, 15) is 9.59 Å². The molecule has 0 radical (unpaired) electrons. The number of anilines is 1. The zero-order valence-electron chi connectivity index (χ0n) is 17.3. The quantitative estimate of drug-likeness (QED) is 0.719. The maximum atomic E-state index is 13.5. The molecule has 31 heavy (non-hydrogen) atoms. The number of pyridine rings is 1. The van der Waals surface area contributed by atoms with E-state index in [1.54, 1.807) is 23.0 Å². The SMILES string of the molecule is CN(Cc1ccccn1)C(=O)[C@@H]1[C@@H]2C=C[C@@]3(CN(c4ccc(CCO)cc4)C(=O)[C@H]13)O2. The number of hydrogen-bond donors (Lipinski definition) is 1. The van der Waals surface area contributed by atoms with E-state index in [0.29, 0.717) is 19.5 Å². The highest BCUT2D eigenvalue weighted by atomic mass is 16.5. The van der Waals surface area contributed by atoms with Crippen molar-refractivity contribution >= 4 is 17.5 Å². The summed E-state index contributed by atoms with van der Waals surface area (Å²) in [5.41, 5.74) is 1.84. The van der Waals surface area contributed by atoms with E-state index < -0.39 is 17.4 Å². The van der Waals surface area contributed by atoms with Crippen LogP contribution in [-0.2, 0) is 27.3 Å². The Hall–Kier alpha value is -3.03. The molecule has 160 valence electrons. The van der Waals surface area contributed by atoms with Gasteiger partial charge in [0, 0.05) is 25.5 Å². The van der Waals surface area contributed by atoms with Crippen LogP contribution >= 0.6 is 0 Å². The molecule has 1 spiro atoms. The van der Waals surface area contributed by atoms with Gasteiger partial charge in [-0.15, -0.1) is 0 Å². The van der Waals surface area contributed by atoms with Crippen molar-refractivity contribution in [2.24, 2.45) is 11.8 Å². The zero-order valence-corrected chi connectivity index (χ0v) is 17.3. The van der Waals surface area contributed by atoms with Crippen molar-refractivity contribution in [2.45, 2.75) is 24.7 Å². The van der Waals surface area contributed by atoms with Gasteiger partial charge in [-0.3, -0.25) is 14.6 Å². The Morgan fingerprint density at radius 1 is 1.29 bits per heavy atom. The molecule has 0 aliphatic carbocycles. The van der Waals surface area contributed by atoms with E-state index in [1.165, 1.54) is 0 Å². The third-order valence-corrected chi connectivity index (χ3v) is 6.54. The second kappa shape index (κ2) is 7.59. The summed E-state index contributed by atoms with van der Waals surface area (Å²) < 4.78 is 6.23. The number of hydrogen-bond acceptors (Lipinski definition) is 5. The fraction of sp³-hybridized carbons (Fsp3) is 0.375. The Morgan fingerprint density at radius 2 is 2.10 bits per heavy atom. The molecule has 2 aromatic rings. The summed E-state index contributed by atoms with van der Waals surface area (Å²) in [7, 11) is 1.75. The first kappa shape index (κ1) is 19.9. The Morgan fingerprint density at radius 3 is 2.81 bits per heavy atom. The van der Waals surface area contributed by atoms with E-state index in [4.69, 9.17) is 9.84 Å².